The van der Waals surface area contributed by atoms with Gasteiger partial charge in [-0.05, 0) is 36.1 Å². The number of nitrogens with two attached hydrogens (primary N) is 1. The second-order valence-corrected chi connectivity index (χ2v) is 4.91. The predicted molar refractivity (Wildman–Crippen MR) is 70.7 cm³/mol. The van der Waals surface area contributed by atoms with Crippen LogP contribution in [0, 0.1) is 0 Å². The van der Waals surface area contributed by atoms with Gasteiger partial charge in [0, 0.05) is 36.2 Å². The standard InChI is InChI=1S/C14H19N3/c15-7-10-4-5-14-13(6-10)11(9-17-14)8-16-12-2-1-3-12/h4-6,9,12,16-17H,1-3,7-8,15H2. The Bertz CT molecular complexity index is 511. The molecule has 3 heteroatoms. The van der Waals surface area contributed by atoms with Gasteiger partial charge in [-0.2, -0.15) is 0 Å². The van der Waals surface area contributed by atoms with Gasteiger partial charge in [-0.15, -0.1) is 0 Å². The molecule has 1 aliphatic carbocycles. The minimum atomic E-state index is 0.608. The maximum absolute atomic E-state index is 5.69. The maximum Gasteiger partial charge on any atom is 0.0457 e. The molecule has 1 saturated carbocycles. The second-order valence-electron chi connectivity index (χ2n) is 4.91. The normalized spacial score (nSPS) is 16.3. The van der Waals surface area contributed by atoms with Gasteiger partial charge < -0.3 is 16.0 Å². The minimum absolute atomic E-state index is 0.608. The number of nitrogens with one attached hydrogen (secondary N) is 2. The first-order valence-electron chi connectivity index (χ1n) is 6.39. The van der Waals surface area contributed by atoms with E-state index in [4.69, 9.17) is 5.73 Å². The fraction of sp³-hybridized carbons (Fsp3) is 0.429. The van der Waals surface area contributed by atoms with Crippen LogP contribution in [-0.2, 0) is 13.1 Å². The molecular weight excluding hydrogens is 210 g/mol. The molecule has 3 nitrogen and oxygen atoms in total. The number of rotatable bonds is 4. The third-order valence-electron chi connectivity index (χ3n) is 3.75. The van der Waals surface area contributed by atoms with Crippen LogP contribution in [0.4, 0.5) is 0 Å². The monoisotopic (exact) mass is 229 g/mol. The van der Waals surface area contributed by atoms with Crippen molar-refractivity contribution in [3.05, 3.63) is 35.5 Å². The molecule has 1 heterocycles. The van der Waals surface area contributed by atoms with Gasteiger partial charge in [-0.1, -0.05) is 12.5 Å². The molecule has 17 heavy (non-hydrogen) atoms. The van der Waals surface area contributed by atoms with E-state index in [1.165, 1.54) is 41.3 Å². The van der Waals surface area contributed by atoms with Gasteiger partial charge in [0.05, 0.1) is 0 Å². The van der Waals surface area contributed by atoms with Crippen LogP contribution in [0.2, 0.25) is 0 Å². The first-order chi connectivity index (χ1) is 8.36. The third-order valence-corrected chi connectivity index (χ3v) is 3.75. The van der Waals surface area contributed by atoms with Gasteiger partial charge >= 0.3 is 0 Å². The van der Waals surface area contributed by atoms with Gasteiger partial charge in [0.1, 0.15) is 0 Å². The molecule has 0 bridgehead atoms. The van der Waals surface area contributed by atoms with Gasteiger partial charge in [-0.3, -0.25) is 0 Å². The predicted octanol–water partition coefficient (Wildman–Crippen LogP) is 2.27. The lowest BCUT2D eigenvalue weighted by Gasteiger charge is -2.26. The zero-order valence-electron chi connectivity index (χ0n) is 10.00. The summed E-state index contributed by atoms with van der Waals surface area (Å²) in [6.07, 6.45) is 6.15. The van der Waals surface area contributed by atoms with Crippen LogP contribution in [0.3, 0.4) is 0 Å². The van der Waals surface area contributed by atoms with Crippen molar-refractivity contribution in [2.75, 3.05) is 0 Å². The van der Waals surface area contributed by atoms with Crippen LogP contribution in [0.5, 0.6) is 0 Å². The smallest absolute Gasteiger partial charge is 0.0457 e. The lowest BCUT2D eigenvalue weighted by atomic mass is 9.93. The van der Waals surface area contributed by atoms with E-state index >= 15 is 0 Å². The zero-order valence-corrected chi connectivity index (χ0v) is 10.00. The Hall–Kier alpha value is -1.32. The zero-order chi connectivity index (χ0) is 11.7. The molecule has 0 saturated heterocycles. The molecular formula is C14H19N3. The summed E-state index contributed by atoms with van der Waals surface area (Å²) >= 11 is 0. The maximum atomic E-state index is 5.69. The van der Waals surface area contributed by atoms with E-state index in [1.54, 1.807) is 0 Å². The lowest BCUT2D eigenvalue weighted by molar-refractivity contribution is 0.338. The van der Waals surface area contributed by atoms with E-state index in [9.17, 15) is 0 Å². The summed E-state index contributed by atoms with van der Waals surface area (Å²) in [6.45, 7) is 1.56. The molecule has 2 aromatic rings. The molecule has 1 aromatic carbocycles. The van der Waals surface area contributed by atoms with Crippen molar-refractivity contribution in [2.24, 2.45) is 5.73 Å². The summed E-state index contributed by atoms with van der Waals surface area (Å²) in [7, 11) is 0. The molecule has 0 unspecified atom stereocenters. The average molecular weight is 229 g/mol. The van der Waals surface area contributed by atoms with E-state index in [1.807, 2.05) is 0 Å². The molecule has 1 fully saturated rings. The fourth-order valence-corrected chi connectivity index (χ4v) is 2.37. The Morgan fingerprint density at radius 3 is 2.94 bits per heavy atom. The van der Waals surface area contributed by atoms with Crippen molar-refractivity contribution < 1.29 is 0 Å². The molecule has 3 rings (SSSR count). The highest BCUT2D eigenvalue weighted by Crippen LogP contribution is 2.22. The molecule has 0 atom stereocenters. The molecule has 1 aliphatic rings. The van der Waals surface area contributed by atoms with E-state index < -0.39 is 0 Å². The van der Waals surface area contributed by atoms with Crippen molar-refractivity contribution in [1.82, 2.24) is 10.3 Å². The lowest BCUT2D eigenvalue weighted by Crippen LogP contribution is -2.34. The molecule has 4 N–H and O–H groups in total. The van der Waals surface area contributed by atoms with Gasteiger partial charge in [-0.25, -0.2) is 0 Å². The number of aromatic amines is 1. The second kappa shape index (κ2) is 4.51. The SMILES string of the molecule is NCc1ccc2[nH]cc(CNC3CCC3)c2c1. The van der Waals surface area contributed by atoms with Gasteiger partial charge in [0.15, 0.2) is 0 Å². The van der Waals surface area contributed by atoms with Crippen LogP contribution in [-0.4, -0.2) is 11.0 Å². The molecule has 90 valence electrons. The highest BCUT2D eigenvalue weighted by Gasteiger charge is 2.16. The van der Waals surface area contributed by atoms with Gasteiger partial charge in [0.2, 0.25) is 0 Å². The van der Waals surface area contributed by atoms with Crippen LogP contribution >= 0.6 is 0 Å². The van der Waals surface area contributed by atoms with E-state index in [0.717, 1.165) is 12.6 Å². The topological polar surface area (TPSA) is 53.8 Å². The van der Waals surface area contributed by atoms with Crippen molar-refractivity contribution in [3.8, 4) is 0 Å². The van der Waals surface area contributed by atoms with E-state index in [2.05, 4.69) is 34.7 Å². The van der Waals surface area contributed by atoms with Crippen molar-refractivity contribution in [1.29, 1.82) is 0 Å². The molecule has 1 aromatic heterocycles. The summed E-state index contributed by atoms with van der Waals surface area (Å²) in [4.78, 5) is 3.32. The number of H-pyrrole nitrogens is 1. The molecule has 0 spiro atoms. The Kier molecular flexibility index (Phi) is 2.87. The van der Waals surface area contributed by atoms with Crippen molar-refractivity contribution in [2.45, 2.75) is 38.4 Å². The van der Waals surface area contributed by atoms with Crippen LogP contribution in [0.25, 0.3) is 10.9 Å². The van der Waals surface area contributed by atoms with Crippen molar-refractivity contribution >= 4 is 10.9 Å². The van der Waals surface area contributed by atoms with E-state index in [0.29, 0.717) is 6.54 Å². The first-order valence-corrected chi connectivity index (χ1v) is 6.39. The number of hydrogen-bond acceptors (Lipinski definition) is 2. The number of fused-ring (bicyclic) bond motifs is 1. The fourth-order valence-electron chi connectivity index (χ4n) is 2.37. The van der Waals surface area contributed by atoms with Crippen LogP contribution in [0.1, 0.15) is 30.4 Å². The third kappa shape index (κ3) is 2.08. The molecule has 0 radical (unpaired) electrons. The minimum Gasteiger partial charge on any atom is -0.361 e. The first kappa shape index (κ1) is 10.8. The van der Waals surface area contributed by atoms with Crippen LogP contribution in [0.15, 0.2) is 24.4 Å². The Morgan fingerprint density at radius 1 is 1.35 bits per heavy atom. The molecule has 0 aliphatic heterocycles. The Labute approximate surface area is 101 Å². The summed E-state index contributed by atoms with van der Waals surface area (Å²) in [6, 6.07) is 7.13. The number of aromatic nitrogens is 1. The summed E-state index contributed by atoms with van der Waals surface area (Å²) in [5.74, 6) is 0. The van der Waals surface area contributed by atoms with Crippen molar-refractivity contribution in [3.63, 3.8) is 0 Å². The summed E-state index contributed by atoms with van der Waals surface area (Å²) in [5, 5.41) is 4.91. The quantitative estimate of drug-likeness (QED) is 0.753. The Morgan fingerprint density at radius 2 is 2.24 bits per heavy atom. The number of hydrogen-bond donors (Lipinski definition) is 3. The largest absolute Gasteiger partial charge is 0.361 e. The molecule has 0 amide bonds. The number of benzene rings is 1. The summed E-state index contributed by atoms with van der Waals surface area (Å²) < 4.78 is 0. The van der Waals surface area contributed by atoms with Crippen LogP contribution < -0.4 is 11.1 Å². The average Bonchev–Trinajstić information content (AvgIpc) is 2.69. The van der Waals surface area contributed by atoms with E-state index in [-0.39, 0.29) is 0 Å². The highest BCUT2D eigenvalue weighted by molar-refractivity contribution is 5.83. The highest BCUT2D eigenvalue weighted by atomic mass is 14.9. The Balaban J connectivity index is 1.82. The van der Waals surface area contributed by atoms with Gasteiger partial charge in [0.25, 0.3) is 0 Å². The summed E-state index contributed by atoms with van der Waals surface area (Å²) in [5.41, 5.74) is 9.43.